The van der Waals surface area contributed by atoms with Gasteiger partial charge in [-0.3, -0.25) is 4.98 Å². The highest BCUT2D eigenvalue weighted by Crippen LogP contribution is 2.21. The van der Waals surface area contributed by atoms with Crippen molar-refractivity contribution >= 4 is 17.4 Å². The van der Waals surface area contributed by atoms with Crippen LogP contribution in [0.4, 0.5) is 4.79 Å². The summed E-state index contributed by atoms with van der Waals surface area (Å²) in [6.07, 6.45) is 3.45. The lowest BCUT2D eigenvalue weighted by atomic mass is 10.00. The van der Waals surface area contributed by atoms with E-state index >= 15 is 0 Å². The molecule has 0 saturated heterocycles. The van der Waals surface area contributed by atoms with Crippen molar-refractivity contribution in [2.24, 2.45) is 0 Å². The summed E-state index contributed by atoms with van der Waals surface area (Å²) in [6, 6.07) is 13.2. The largest absolute Gasteiger partial charge is 0.332 e. The number of aromatic nitrogens is 2. The second-order valence-electron chi connectivity index (χ2n) is 5.31. The lowest BCUT2D eigenvalue weighted by molar-refractivity contribution is 0.238. The van der Waals surface area contributed by atoms with Crippen LogP contribution in [0.1, 0.15) is 27.9 Å². The van der Waals surface area contributed by atoms with Crippen molar-refractivity contribution in [3.8, 4) is 0 Å². The molecule has 2 N–H and O–H groups in total. The summed E-state index contributed by atoms with van der Waals surface area (Å²) in [6.45, 7) is 2.36. The summed E-state index contributed by atoms with van der Waals surface area (Å²) < 4.78 is 0. The number of carbonyl (C=O) groups is 1. The highest BCUT2D eigenvalue weighted by atomic mass is 32.1. The van der Waals surface area contributed by atoms with Gasteiger partial charge in [-0.2, -0.15) is 0 Å². The minimum absolute atomic E-state index is 0.230. The fraction of sp³-hybridized carbons (Fsp3) is 0.167. The SMILES string of the molecule is Cc1nc(CNC(=O)N[C@@H](c2ccccc2)c2ccncc2)cs1. The molecule has 0 aliphatic carbocycles. The maximum Gasteiger partial charge on any atom is 0.315 e. The van der Waals surface area contributed by atoms with Crippen molar-refractivity contribution in [1.82, 2.24) is 20.6 Å². The van der Waals surface area contributed by atoms with Crippen LogP contribution in [0.3, 0.4) is 0 Å². The maximum atomic E-state index is 12.3. The second kappa shape index (κ2) is 7.70. The maximum absolute atomic E-state index is 12.3. The molecule has 3 aromatic rings. The Morgan fingerprint density at radius 2 is 1.83 bits per heavy atom. The van der Waals surface area contributed by atoms with Crippen molar-refractivity contribution in [3.05, 3.63) is 82.1 Å². The average Bonchev–Trinajstić information content (AvgIpc) is 3.05. The van der Waals surface area contributed by atoms with Gasteiger partial charge in [0.25, 0.3) is 0 Å². The molecule has 0 aliphatic heterocycles. The molecule has 5 nitrogen and oxygen atoms in total. The van der Waals surface area contributed by atoms with Crippen LogP contribution in [0.2, 0.25) is 0 Å². The van der Waals surface area contributed by atoms with Gasteiger partial charge in [-0.25, -0.2) is 9.78 Å². The first kappa shape index (κ1) is 16.1. The summed E-state index contributed by atoms with van der Waals surface area (Å²) in [5.41, 5.74) is 2.87. The zero-order valence-corrected chi connectivity index (χ0v) is 14.1. The molecular weight excluding hydrogens is 320 g/mol. The molecule has 0 unspecified atom stereocenters. The number of pyridine rings is 1. The van der Waals surface area contributed by atoms with Crippen molar-refractivity contribution in [2.75, 3.05) is 0 Å². The Hall–Kier alpha value is -2.73. The Morgan fingerprint density at radius 1 is 1.12 bits per heavy atom. The number of amides is 2. The molecule has 2 amide bonds. The number of aryl methyl sites for hydroxylation is 1. The van der Waals surface area contributed by atoms with Crippen molar-refractivity contribution in [1.29, 1.82) is 0 Å². The number of hydrogen-bond donors (Lipinski definition) is 2. The summed E-state index contributed by atoms with van der Waals surface area (Å²) in [7, 11) is 0. The van der Waals surface area contributed by atoms with Gasteiger partial charge in [0.2, 0.25) is 0 Å². The first-order chi connectivity index (χ1) is 11.7. The quantitative estimate of drug-likeness (QED) is 0.749. The van der Waals surface area contributed by atoms with Gasteiger partial charge in [0.05, 0.1) is 23.3 Å². The van der Waals surface area contributed by atoms with Gasteiger partial charge >= 0.3 is 6.03 Å². The lowest BCUT2D eigenvalue weighted by Crippen LogP contribution is -2.38. The number of nitrogens with one attached hydrogen (secondary N) is 2. The number of benzene rings is 1. The number of carbonyl (C=O) groups excluding carboxylic acids is 1. The zero-order valence-electron chi connectivity index (χ0n) is 13.3. The number of rotatable bonds is 5. The summed E-state index contributed by atoms with van der Waals surface area (Å²) >= 11 is 1.57. The lowest BCUT2D eigenvalue weighted by Gasteiger charge is -2.20. The molecule has 0 spiro atoms. The van der Waals surface area contributed by atoms with E-state index < -0.39 is 0 Å². The molecule has 1 atom stereocenters. The monoisotopic (exact) mass is 338 g/mol. The van der Waals surface area contributed by atoms with Crippen molar-refractivity contribution in [2.45, 2.75) is 19.5 Å². The molecule has 0 aliphatic rings. The molecular formula is C18H18N4OS. The molecule has 2 aromatic heterocycles. The van der Waals surface area contributed by atoms with Gasteiger partial charge in [0.15, 0.2) is 0 Å². The van der Waals surface area contributed by atoms with Crippen molar-refractivity contribution in [3.63, 3.8) is 0 Å². The third-order valence-electron chi connectivity index (χ3n) is 3.54. The first-order valence-electron chi connectivity index (χ1n) is 7.62. The predicted molar refractivity (Wildman–Crippen MR) is 94.7 cm³/mol. The molecule has 0 saturated carbocycles. The van der Waals surface area contributed by atoms with Crippen LogP contribution in [0.15, 0.2) is 60.2 Å². The average molecular weight is 338 g/mol. The molecule has 0 bridgehead atoms. The topological polar surface area (TPSA) is 66.9 Å². The Bertz CT molecular complexity index is 750. The Labute approximate surface area is 144 Å². The van der Waals surface area contributed by atoms with Gasteiger partial charge in [-0.1, -0.05) is 30.3 Å². The van der Waals surface area contributed by atoms with E-state index in [9.17, 15) is 4.79 Å². The van der Waals surface area contributed by atoms with Crippen LogP contribution in [-0.2, 0) is 6.54 Å². The number of hydrogen-bond acceptors (Lipinski definition) is 4. The molecule has 0 fully saturated rings. The van der Waals surface area contributed by atoms with Crippen LogP contribution in [0.5, 0.6) is 0 Å². The summed E-state index contributed by atoms with van der Waals surface area (Å²) in [5, 5.41) is 8.83. The Morgan fingerprint density at radius 3 is 2.50 bits per heavy atom. The predicted octanol–water partition coefficient (Wildman–Crippen LogP) is 3.44. The zero-order chi connectivity index (χ0) is 16.8. The van der Waals surface area contributed by atoms with E-state index in [0.29, 0.717) is 6.54 Å². The van der Waals surface area contributed by atoms with E-state index in [2.05, 4.69) is 20.6 Å². The molecule has 3 rings (SSSR count). The first-order valence-corrected chi connectivity index (χ1v) is 8.50. The van der Waals surface area contributed by atoms with E-state index in [1.165, 1.54) is 0 Å². The van der Waals surface area contributed by atoms with Crippen LogP contribution in [0.25, 0.3) is 0 Å². The number of thiazole rings is 1. The normalized spacial score (nSPS) is 11.7. The van der Waals surface area contributed by atoms with Crippen molar-refractivity contribution < 1.29 is 4.79 Å². The third kappa shape index (κ3) is 4.17. The van der Waals surface area contributed by atoms with Gasteiger partial charge in [-0.05, 0) is 30.2 Å². The fourth-order valence-corrected chi connectivity index (χ4v) is 3.02. The molecule has 1 aromatic carbocycles. The Kier molecular flexibility index (Phi) is 5.18. The van der Waals surface area contributed by atoms with Gasteiger partial charge in [0.1, 0.15) is 0 Å². The standard InChI is InChI=1S/C18H18N4OS/c1-13-21-16(12-24-13)11-20-18(23)22-17(14-5-3-2-4-6-14)15-7-9-19-10-8-15/h2-10,12,17H,11H2,1H3,(H2,20,22,23)/t17-/m0/s1. The van der Waals surface area contributed by atoms with Gasteiger partial charge < -0.3 is 10.6 Å². The smallest absolute Gasteiger partial charge is 0.315 e. The van der Waals surface area contributed by atoms with E-state index in [1.807, 2.05) is 54.8 Å². The highest BCUT2D eigenvalue weighted by molar-refractivity contribution is 7.09. The molecule has 6 heteroatoms. The molecule has 0 radical (unpaired) electrons. The van der Waals surface area contributed by atoms with E-state index in [0.717, 1.165) is 21.8 Å². The Balaban J connectivity index is 1.71. The summed E-state index contributed by atoms with van der Waals surface area (Å²) in [4.78, 5) is 20.7. The number of urea groups is 1. The molecule has 122 valence electrons. The van der Waals surface area contributed by atoms with E-state index in [-0.39, 0.29) is 12.1 Å². The van der Waals surface area contributed by atoms with Gasteiger partial charge in [-0.15, -0.1) is 11.3 Å². The van der Waals surface area contributed by atoms with Gasteiger partial charge in [0, 0.05) is 17.8 Å². The minimum Gasteiger partial charge on any atom is -0.332 e. The van der Waals surface area contributed by atoms with E-state index in [4.69, 9.17) is 0 Å². The van der Waals surface area contributed by atoms with Crippen LogP contribution < -0.4 is 10.6 Å². The van der Waals surface area contributed by atoms with E-state index in [1.54, 1.807) is 23.7 Å². The third-order valence-corrected chi connectivity index (χ3v) is 4.37. The fourth-order valence-electron chi connectivity index (χ4n) is 2.40. The minimum atomic E-state index is -0.230. The van der Waals surface area contributed by atoms with Crippen LogP contribution in [0, 0.1) is 6.92 Å². The number of nitrogens with zero attached hydrogens (tertiary/aromatic N) is 2. The molecule has 2 heterocycles. The second-order valence-corrected chi connectivity index (χ2v) is 6.37. The summed E-state index contributed by atoms with van der Waals surface area (Å²) in [5.74, 6) is 0. The molecule has 24 heavy (non-hydrogen) atoms. The highest BCUT2D eigenvalue weighted by Gasteiger charge is 2.16. The van der Waals surface area contributed by atoms with Crippen LogP contribution in [-0.4, -0.2) is 16.0 Å². The van der Waals surface area contributed by atoms with Crippen LogP contribution >= 0.6 is 11.3 Å².